The number of pyridine rings is 1. The predicted octanol–water partition coefficient (Wildman–Crippen LogP) is 4.32. The fourth-order valence-electron chi connectivity index (χ4n) is 5.05. The van der Waals surface area contributed by atoms with Gasteiger partial charge < -0.3 is 10.2 Å². The van der Waals surface area contributed by atoms with E-state index < -0.39 is 0 Å². The number of likely N-dealkylation sites (tertiary alicyclic amines) is 1. The van der Waals surface area contributed by atoms with E-state index in [9.17, 15) is 4.79 Å². The van der Waals surface area contributed by atoms with Gasteiger partial charge in [-0.2, -0.15) is 0 Å². The van der Waals surface area contributed by atoms with Crippen LogP contribution in [0, 0.1) is 0 Å². The van der Waals surface area contributed by atoms with E-state index in [4.69, 9.17) is 4.98 Å². The first-order valence-corrected chi connectivity index (χ1v) is 11.7. The summed E-state index contributed by atoms with van der Waals surface area (Å²) in [7, 11) is 0. The molecule has 0 spiro atoms. The van der Waals surface area contributed by atoms with Crippen molar-refractivity contribution in [1.82, 2.24) is 24.8 Å². The number of hydrogen-bond donors (Lipinski definition) is 1. The average Bonchev–Trinajstić information content (AvgIpc) is 3.23. The zero-order valence-electron chi connectivity index (χ0n) is 18.7. The number of nitrogens with zero attached hydrogens (tertiary/aromatic N) is 5. The molecular formula is C24H34N6O. The summed E-state index contributed by atoms with van der Waals surface area (Å²) in [5, 5.41) is 3.17. The van der Waals surface area contributed by atoms with Crippen molar-refractivity contribution in [2.45, 2.75) is 76.9 Å². The highest BCUT2D eigenvalue weighted by atomic mass is 16.2. The van der Waals surface area contributed by atoms with Crippen LogP contribution in [0.1, 0.15) is 70.5 Å². The van der Waals surface area contributed by atoms with Crippen molar-refractivity contribution in [3.63, 3.8) is 0 Å². The van der Waals surface area contributed by atoms with E-state index in [1.165, 1.54) is 19.3 Å². The van der Waals surface area contributed by atoms with E-state index in [1.54, 1.807) is 18.5 Å². The maximum atomic E-state index is 13.3. The van der Waals surface area contributed by atoms with Crippen LogP contribution >= 0.6 is 0 Å². The van der Waals surface area contributed by atoms with E-state index in [1.807, 2.05) is 12.3 Å². The summed E-state index contributed by atoms with van der Waals surface area (Å²) < 4.78 is 0. The molecule has 1 N–H and O–H groups in total. The highest BCUT2D eigenvalue weighted by molar-refractivity contribution is 5.79. The molecule has 166 valence electrons. The van der Waals surface area contributed by atoms with Crippen LogP contribution in [0.3, 0.4) is 0 Å². The molecule has 7 nitrogen and oxygen atoms in total. The zero-order valence-corrected chi connectivity index (χ0v) is 18.7. The smallest absolute Gasteiger partial charge is 0.237 e. The molecule has 2 aliphatic rings. The van der Waals surface area contributed by atoms with Crippen molar-refractivity contribution in [1.29, 1.82) is 0 Å². The minimum atomic E-state index is 0.200. The molecule has 1 amide bonds. The Balaban J connectivity index is 1.40. The van der Waals surface area contributed by atoms with Gasteiger partial charge in [-0.3, -0.25) is 14.7 Å². The largest absolute Gasteiger partial charge is 0.336 e. The van der Waals surface area contributed by atoms with Gasteiger partial charge in [0.1, 0.15) is 0 Å². The van der Waals surface area contributed by atoms with E-state index >= 15 is 0 Å². The molecule has 1 aliphatic heterocycles. The lowest BCUT2D eigenvalue weighted by molar-refractivity contribution is -0.137. The third-order valence-corrected chi connectivity index (χ3v) is 6.46. The maximum Gasteiger partial charge on any atom is 0.237 e. The van der Waals surface area contributed by atoms with E-state index in [2.05, 4.69) is 45.0 Å². The molecule has 1 aliphatic carbocycles. The van der Waals surface area contributed by atoms with Crippen LogP contribution in [0.25, 0.3) is 0 Å². The van der Waals surface area contributed by atoms with E-state index in [0.717, 1.165) is 43.6 Å². The Morgan fingerprint density at radius 1 is 1.10 bits per heavy atom. The second-order valence-electron chi connectivity index (χ2n) is 8.98. The second kappa shape index (κ2) is 10.2. The molecule has 7 heteroatoms. The third kappa shape index (κ3) is 5.39. The lowest BCUT2D eigenvalue weighted by Crippen LogP contribution is -2.49. The van der Waals surface area contributed by atoms with Gasteiger partial charge in [0.2, 0.25) is 11.9 Å². The lowest BCUT2D eigenvalue weighted by atomic mass is 9.93. The monoisotopic (exact) mass is 422 g/mol. The van der Waals surface area contributed by atoms with Crippen LogP contribution in [-0.2, 0) is 4.79 Å². The van der Waals surface area contributed by atoms with Crippen LogP contribution in [0.2, 0.25) is 0 Å². The number of carbonyl (C=O) groups excluding carboxylic acids is 1. The SMILES string of the molecule is CC(C)N(C(=O)CN1CCC[C@@H]1c1ccc(Nc2ncccn2)cn1)C1CCCCC1. The van der Waals surface area contributed by atoms with Gasteiger partial charge in [-0.1, -0.05) is 19.3 Å². The molecule has 0 bridgehead atoms. The summed E-state index contributed by atoms with van der Waals surface area (Å²) in [5.74, 6) is 0.829. The average molecular weight is 423 g/mol. The Hall–Kier alpha value is -2.54. The molecule has 1 saturated carbocycles. The standard InChI is InChI=1S/C24H34N6O/c1-18(2)30(20-8-4-3-5-9-20)23(31)17-29-15-6-10-22(29)21-12-11-19(16-27-21)28-24-25-13-7-14-26-24/h7,11-14,16,18,20,22H,3-6,8-10,15,17H2,1-2H3,(H,25,26,28)/t22-/m1/s1. The minimum Gasteiger partial charge on any atom is -0.336 e. The molecule has 1 atom stereocenters. The highest BCUT2D eigenvalue weighted by Crippen LogP contribution is 2.32. The number of nitrogens with one attached hydrogen (secondary N) is 1. The molecule has 0 radical (unpaired) electrons. The number of carbonyl (C=O) groups is 1. The van der Waals surface area contributed by atoms with E-state index in [-0.39, 0.29) is 18.0 Å². The van der Waals surface area contributed by atoms with Crippen LogP contribution < -0.4 is 5.32 Å². The molecule has 2 aromatic rings. The maximum absolute atomic E-state index is 13.3. The number of aromatic nitrogens is 3. The van der Waals surface area contributed by atoms with Crippen molar-refractivity contribution in [2.24, 2.45) is 0 Å². The van der Waals surface area contributed by atoms with Crippen molar-refractivity contribution >= 4 is 17.5 Å². The van der Waals surface area contributed by atoms with Crippen LogP contribution in [0.5, 0.6) is 0 Å². The van der Waals surface area contributed by atoms with Crippen LogP contribution in [0.15, 0.2) is 36.8 Å². The van der Waals surface area contributed by atoms with E-state index in [0.29, 0.717) is 18.5 Å². The number of rotatable bonds is 7. The highest BCUT2D eigenvalue weighted by Gasteiger charge is 2.33. The van der Waals surface area contributed by atoms with Crippen LogP contribution in [0.4, 0.5) is 11.6 Å². The summed E-state index contributed by atoms with van der Waals surface area (Å²) in [6, 6.07) is 6.72. The van der Waals surface area contributed by atoms with Crippen molar-refractivity contribution in [3.8, 4) is 0 Å². The Bertz CT molecular complexity index is 835. The molecule has 0 unspecified atom stereocenters. The van der Waals surface area contributed by atoms with Crippen molar-refractivity contribution in [2.75, 3.05) is 18.4 Å². The summed E-state index contributed by atoms with van der Waals surface area (Å²) in [6.45, 7) is 5.74. The van der Waals surface area contributed by atoms with Gasteiger partial charge in [0.25, 0.3) is 0 Å². The summed E-state index contributed by atoms with van der Waals surface area (Å²) in [4.78, 5) is 30.9. The van der Waals surface area contributed by atoms with Gasteiger partial charge in [0, 0.05) is 24.5 Å². The fraction of sp³-hybridized carbons (Fsp3) is 0.583. The molecule has 1 saturated heterocycles. The first-order valence-electron chi connectivity index (χ1n) is 11.7. The Kier molecular flexibility index (Phi) is 7.12. The lowest BCUT2D eigenvalue weighted by Gasteiger charge is -2.38. The summed E-state index contributed by atoms with van der Waals surface area (Å²) in [6.07, 6.45) is 13.5. The van der Waals surface area contributed by atoms with Crippen LogP contribution in [-0.4, -0.2) is 55.8 Å². The zero-order chi connectivity index (χ0) is 21.6. The first-order chi connectivity index (χ1) is 15.1. The third-order valence-electron chi connectivity index (χ3n) is 6.46. The Morgan fingerprint density at radius 3 is 2.55 bits per heavy atom. The molecule has 2 aromatic heterocycles. The number of hydrogen-bond acceptors (Lipinski definition) is 6. The van der Waals surface area contributed by atoms with Crippen molar-refractivity contribution in [3.05, 3.63) is 42.5 Å². The quantitative estimate of drug-likeness (QED) is 0.716. The molecule has 0 aromatic carbocycles. The van der Waals surface area contributed by atoms with Gasteiger partial charge in [-0.05, 0) is 64.3 Å². The topological polar surface area (TPSA) is 74.2 Å². The predicted molar refractivity (Wildman–Crippen MR) is 122 cm³/mol. The second-order valence-corrected chi connectivity index (χ2v) is 8.98. The Labute approximate surface area is 185 Å². The van der Waals surface area contributed by atoms with Gasteiger partial charge >= 0.3 is 0 Å². The minimum absolute atomic E-state index is 0.200. The normalized spacial score (nSPS) is 20.2. The van der Waals surface area contributed by atoms with Gasteiger partial charge in [-0.15, -0.1) is 0 Å². The van der Waals surface area contributed by atoms with Gasteiger partial charge in [-0.25, -0.2) is 9.97 Å². The first kappa shape index (κ1) is 21.7. The molecule has 2 fully saturated rings. The molecule has 4 rings (SSSR count). The summed E-state index contributed by atoms with van der Waals surface area (Å²) >= 11 is 0. The molecule has 3 heterocycles. The molecular weight excluding hydrogens is 388 g/mol. The fourth-order valence-corrected chi connectivity index (χ4v) is 5.05. The number of amides is 1. The summed E-state index contributed by atoms with van der Waals surface area (Å²) in [5.41, 5.74) is 1.89. The van der Waals surface area contributed by atoms with Gasteiger partial charge in [0.15, 0.2) is 0 Å². The Morgan fingerprint density at radius 2 is 1.87 bits per heavy atom. The van der Waals surface area contributed by atoms with Crippen molar-refractivity contribution < 1.29 is 4.79 Å². The molecule has 31 heavy (non-hydrogen) atoms. The number of anilines is 2. The van der Waals surface area contributed by atoms with Gasteiger partial charge in [0.05, 0.1) is 30.2 Å².